The van der Waals surface area contributed by atoms with E-state index in [9.17, 15) is 18.8 Å². The maximum Gasteiger partial charge on any atom is 0.294 e. The Hall–Kier alpha value is -2.65. The number of halogens is 2. The first-order chi connectivity index (χ1) is 15.4. The second kappa shape index (κ2) is 9.87. The number of ether oxygens (including phenoxy) is 1. The zero-order valence-electron chi connectivity index (χ0n) is 17.1. The fourth-order valence-electron chi connectivity index (χ4n) is 3.51. The average Bonchev–Trinajstić information content (AvgIpc) is 3.39. The van der Waals surface area contributed by atoms with Gasteiger partial charge in [0.1, 0.15) is 24.7 Å². The van der Waals surface area contributed by atoms with Crippen LogP contribution >= 0.6 is 27.7 Å². The van der Waals surface area contributed by atoms with Crippen LogP contribution in [0.1, 0.15) is 24.0 Å². The molecule has 2 aromatic carbocycles. The van der Waals surface area contributed by atoms with Gasteiger partial charge in [-0.3, -0.25) is 19.3 Å². The molecule has 0 N–H and O–H groups in total. The highest BCUT2D eigenvalue weighted by Gasteiger charge is 2.37. The molecule has 9 heteroatoms. The van der Waals surface area contributed by atoms with Crippen molar-refractivity contribution in [3.63, 3.8) is 0 Å². The molecule has 0 aliphatic carbocycles. The summed E-state index contributed by atoms with van der Waals surface area (Å²) in [6.07, 6.45) is 3.44. The Balaban J connectivity index is 1.52. The van der Waals surface area contributed by atoms with Gasteiger partial charge < -0.3 is 9.64 Å². The molecule has 4 rings (SSSR count). The first-order valence-corrected chi connectivity index (χ1v) is 11.7. The van der Waals surface area contributed by atoms with Gasteiger partial charge in [-0.1, -0.05) is 34.1 Å². The maximum atomic E-state index is 13.9. The fraction of sp³-hybridized carbons (Fsp3) is 0.261. The van der Waals surface area contributed by atoms with Crippen LogP contribution in [0.2, 0.25) is 0 Å². The summed E-state index contributed by atoms with van der Waals surface area (Å²) < 4.78 is 20.5. The number of likely N-dealkylation sites (tertiary alicyclic amines) is 1. The maximum absolute atomic E-state index is 13.9. The molecule has 2 fully saturated rings. The van der Waals surface area contributed by atoms with E-state index < -0.39 is 11.1 Å². The molecular weight excluding hydrogens is 499 g/mol. The lowest BCUT2D eigenvalue weighted by molar-refractivity contribution is -0.135. The molecule has 0 bridgehead atoms. The number of imide groups is 1. The number of hydrogen-bond donors (Lipinski definition) is 0. The van der Waals surface area contributed by atoms with Crippen molar-refractivity contribution in [2.75, 3.05) is 19.6 Å². The molecule has 2 aliphatic heterocycles. The Morgan fingerprint density at radius 1 is 1.16 bits per heavy atom. The SMILES string of the molecule is O=C(CN1C(=O)S/C(=C\c2cc(Br)ccc2OCc2ccccc2F)C1=O)N1CCCC1. The number of rotatable bonds is 6. The molecule has 6 nitrogen and oxygen atoms in total. The molecular formula is C23H20BrFN2O4S. The predicted octanol–water partition coefficient (Wildman–Crippen LogP) is 4.83. The van der Waals surface area contributed by atoms with Crippen LogP contribution in [0.5, 0.6) is 5.75 Å². The highest BCUT2D eigenvalue weighted by Crippen LogP contribution is 2.35. The lowest BCUT2D eigenvalue weighted by Crippen LogP contribution is -2.40. The minimum absolute atomic E-state index is 0.0148. The smallest absolute Gasteiger partial charge is 0.294 e. The molecule has 3 amide bonds. The van der Waals surface area contributed by atoms with Crippen molar-refractivity contribution in [3.05, 3.63) is 68.8 Å². The molecule has 0 aromatic heterocycles. The van der Waals surface area contributed by atoms with E-state index in [-0.39, 0.29) is 29.8 Å². The normalized spacial score (nSPS) is 17.5. The van der Waals surface area contributed by atoms with Crippen LogP contribution < -0.4 is 4.74 Å². The highest BCUT2D eigenvalue weighted by atomic mass is 79.9. The van der Waals surface area contributed by atoms with E-state index in [0.29, 0.717) is 30.0 Å². The molecule has 166 valence electrons. The Morgan fingerprint density at radius 2 is 1.91 bits per heavy atom. The van der Waals surface area contributed by atoms with Gasteiger partial charge in [0.2, 0.25) is 5.91 Å². The number of thioether (sulfide) groups is 1. The van der Waals surface area contributed by atoms with E-state index in [4.69, 9.17) is 4.74 Å². The van der Waals surface area contributed by atoms with Gasteiger partial charge in [-0.15, -0.1) is 0 Å². The molecule has 2 heterocycles. The van der Waals surface area contributed by atoms with E-state index in [0.717, 1.165) is 34.0 Å². The molecule has 2 aromatic rings. The number of carbonyl (C=O) groups is 3. The predicted molar refractivity (Wildman–Crippen MR) is 123 cm³/mol. The van der Waals surface area contributed by atoms with E-state index in [2.05, 4.69) is 15.9 Å². The third-order valence-electron chi connectivity index (χ3n) is 5.23. The third kappa shape index (κ3) is 5.05. The van der Waals surface area contributed by atoms with E-state index in [1.54, 1.807) is 47.4 Å². The number of carbonyl (C=O) groups excluding carboxylic acids is 3. The average molecular weight is 519 g/mol. The standard InChI is InChI=1S/C23H20BrFN2O4S/c24-17-7-8-19(31-14-15-5-1-2-6-18(15)25)16(11-17)12-20-22(29)27(23(30)32-20)13-21(28)26-9-3-4-10-26/h1-2,5-8,11-12H,3-4,9-10,13-14H2/b20-12-. The first kappa shape index (κ1) is 22.5. The van der Waals surface area contributed by atoms with Gasteiger partial charge in [0.25, 0.3) is 11.1 Å². The lowest BCUT2D eigenvalue weighted by Gasteiger charge is -2.18. The summed E-state index contributed by atoms with van der Waals surface area (Å²) >= 11 is 4.19. The highest BCUT2D eigenvalue weighted by molar-refractivity contribution is 9.10. The molecule has 2 aliphatic rings. The Kier molecular flexibility index (Phi) is 6.95. The Bertz CT molecular complexity index is 1100. The summed E-state index contributed by atoms with van der Waals surface area (Å²) in [5.74, 6) is -0.652. The summed E-state index contributed by atoms with van der Waals surface area (Å²) in [5.41, 5.74) is 0.967. The van der Waals surface area contributed by atoms with Crippen molar-refractivity contribution in [2.24, 2.45) is 0 Å². The van der Waals surface area contributed by atoms with Crippen molar-refractivity contribution < 1.29 is 23.5 Å². The first-order valence-electron chi connectivity index (χ1n) is 10.1. The van der Waals surface area contributed by atoms with Crippen LogP contribution in [0.25, 0.3) is 6.08 Å². The number of benzene rings is 2. The number of nitrogens with zero attached hydrogens (tertiary/aromatic N) is 2. The lowest BCUT2D eigenvalue weighted by atomic mass is 10.1. The molecule has 0 saturated carbocycles. The van der Waals surface area contributed by atoms with Gasteiger partial charge in [-0.2, -0.15) is 0 Å². The van der Waals surface area contributed by atoms with Gasteiger partial charge >= 0.3 is 0 Å². The minimum atomic E-state index is -0.507. The second-order valence-electron chi connectivity index (χ2n) is 7.42. The molecule has 2 saturated heterocycles. The topological polar surface area (TPSA) is 66.9 Å². The zero-order valence-corrected chi connectivity index (χ0v) is 19.5. The van der Waals surface area contributed by atoms with Crippen molar-refractivity contribution >= 4 is 50.8 Å². The van der Waals surface area contributed by atoms with Crippen molar-refractivity contribution in [2.45, 2.75) is 19.4 Å². The van der Waals surface area contributed by atoms with E-state index in [1.807, 2.05) is 0 Å². The number of hydrogen-bond acceptors (Lipinski definition) is 5. The van der Waals surface area contributed by atoms with Gasteiger partial charge in [0.05, 0.1) is 4.91 Å². The third-order valence-corrected chi connectivity index (χ3v) is 6.63. The zero-order chi connectivity index (χ0) is 22.7. The van der Waals surface area contributed by atoms with Crippen LogP contribution in [-0.4, -0.2) is 46.5 Å². The second-order valence-corrected chi connectivity index (χ2v) is 9.33. The summed E-state index contributed by atoms with van der Waals surface area (Å²) in [5, 5.41) is -0.474. The van der Waals surface area contributed by atoms with Crippen LogP contribution in [0, 0.1) is 5.82 Å². The molecule has 0 unspecified atom stereocenters. The van der Waals surface area contributed by atoms with Crippen LogP contribution in [-0.2, 0) is 16.2 Å². The fourth-order valence-corrected chi connectivity index (χ4v) is 4.72. The largest absolute Gasteiger partial charge is 0.488 e. The summed E-state index contributed by atoms with van der Waals surface area (Å²) in [6.45, 7) is 1.08. The summed E-state index contributed by atoms with van der Waals surface area (Å²) in [6, 6.07) is 11.6. The van der Waals surface area contributed by atoms with Crippen molar-refractivity contribution in [3.8, 4) is 5.75 Å². The van der Waals surface area contributed by atoms with Crippen LogP contribution in [0.4, 0.5) is 9.18 Å². The molecule has 0 atom stereocenters. The molecule has 0 radical (unpaired) electrons. The van der Waals surface area contributed by atoms with Crippen LogP contribution in [0.15, 0.2) is 51.8 Å². The Labute approximate surface area is 197 Å². The van der Waals surface area contributed by atoms with Gasteiger partial charge in [-0.05, 0) is 54.9 Å². The molecule has 32 heavy (non-hydrogen) atoms. The van der Waals surface area contributed by atoms with E-state index >= 15 is 0 Å². The molecule has 0 spiro atoms. The minimum Gasteiger partial charge on any atom is -0.488 e. The van der Waals surface area contributed by atoms with Gasteiger partial charge in [0, 0.05) is 28.7 Å². The monoisotopic (exact) mass is 518 g/mol. The Morgan fingerprint density at radius 3 is 2.66 bits per heavy atom. The number of amides is 3. The van der Waals surface area contributed by atoms with Gasteiger partial charge in [0.15, 0.2) is 0 Å². The van der Waals surface area contributed by atoms with Crippen LogP contribution in [0.3, 0.4) is 0 Å². The summed E-state index contributed by atoms with van der Waals surface area (Å²) in [7, 11) is 0. The van der Waals surface area contributed by atoms with E-state index in [1.165, 1.54) is 6.07 Å². The summed E-state index contributed by atoms with van der Waals surface area (Å²) in [4.78, 5) is 40.5. The van der Waals surface area contributed by atoms with Gasteiger partial charge in [-0.25, -0.2) is 4.39 Å². The van der Waals surface area contributed by atoms with Crippen molar-refractivity contribution in [1.29, 1.82) is 0 Å². The van der Waals surface area contributed by atoms with Crippen molar-refractivity contribution in [1.82, 2.24) is 9.80 Å². The quantitative estimate of drug-likeness (QED) is 0.512.